The van der Waals surface area contributed by atoms with Gasteiger partial charge in [-0.15, -0.1) is 0 Å². The summed E-state index contributed by atoms with van der Waals surface area (Å²) in [6.07, 6.45) is 7.24. The van der Waals surface area contributed by atoms with Crippen molar-refractivity contribution in [3.63, 3.8) is 0 Å². The van der Waals surface area contributed by atoms with E-state index < -0.39 is 0 Å². The minimum Gasteiger partial charge on any atom is -0.349 e. The number of carbonyl (C=O) groups excluding carboxylic acids is 2. The molecule has 2 aromatic heterocycles. The molecule has 2 amide bonds. The van der Waals surface area contributed by atoms with Gasteiger partial charge in [0.1, 0.15) is 11.3 Å². The van der Waals surface area contributed by atoms with Gasteiger partial charge in [0.2, 0.25) is 11.8 Å². The molecule has 2 heterocycles. The predicted octanol–water partition coefficient (Wildman–Crippen LogP) is 5.35. The first kappa shape index (κ1) is 24.8. The molecule has 3 aromatic rings. The third-order valence-electron chi connectivity index (χ3n) is 6.97. The molecule has 0 bridgehead atoms. The standard InChI is InChI=1S/C27H34FN5O2/c1-16(2)33-15-30-26-22(28)11-20(12-23(26)33)21-13-24(29-14-17(21)3)31-27(35)19-8-6-7-18(9-19)10-25(34)32(4)5/h11-16,18-19H,6-10H2,1-5H3,(H,29,31,35)/t18-,19+/m1/s1. The molecule has 1 aliphatic carbocycles. The fourth-order valence-electron chi connectivity index (χ4n) is 4.93. The van der Waals surface area contributed by atoms with E-state index in [0.29, 0.717) is 29.7 Å². The van der Waals surface area contributed by atoms with E-state index in [1.807, 2.05) is 31.4 Å². The van der Waals surface area contributed by atoms with Crippen LogP contribution in [0, 0.1) is 24.6 Å². The van der Waals surface area contributed by atoms with Crippen LogP contribution in [0.2, 0.25) is 0 Å². The second-order valence-electron chi connectivity index (χ2n) is 10.2. The Bertz CT molecular complexity index is 1250. The average Bonchev–Trinajstić information content (AvgIpc) is 3.25. The molecular formula is C27H34FN5O2. The highest BCUT2D eigenvalue weighted by Gasteiger charge is 2.29. The van der Waals surface area contributed by atoms with Crippen LogP contribution < -0.4 is 5.32 Å². The minimum absolute atomic E-state index is 0.0752. The third-order valence-corrected chi connectivity index (χ3v) is 6.97. The molecular weight excluding hydrogens is 445 g/mol. The highest BCUT2D eigenvalue weighted by Crippen LogP contribution is 2.34. The lowest BCUT2D eigenvalue weighted by Crippen LogP contribution is -2.31. The highest BCUT2D eigenvalue weighted by atomic mass is 19.1. The number of aromatic nitrogens is 3. The summed E-state index contributed by atoms with van der Waals surface area (Å²) in [5.74, 6) is 0.165. The number of anilines is 1. The smallest absolute Gasteiger partial charge is 0.228 e. The quantitative estimate of drug-likeness (QED) is 0.517. The van der Waals surface area contributed by atoms with E-state index in [2.05, 4.69) is 15.3 Å². The van der Waals surface area contributed by atoms with Crippen LogP contribution in [-0.2, 0) is 9.59 Å². The van der Waals surface area contributed by atoms with Gasteiger partial charge in [-0.3, -0.25) is 9.59 Å². The number of nitrogens with zero attached hydrogens (tertiary/aromatic N) is 4. The van der Waals surface area contributed by atoms with Crippen LogP contribution in [0.4, 0.5) is 10.2 Å². The lowest BCUT2D eigenvalue weighted by molar-refractivity contribution is -0.131. The van der Waals surface area contributed by atoms with Crippen LogP contribution in [-0.4, -0.2) is 45.3 Å². The predicted molar refractivity (Wildman–Crippen MR) is 135 cm³/mol. The molecule has 1 N–H and O–H groups in total. The lowest BCUT2D eigenvalue weighted by atomic mass is 9.79. The van der Waals surface area contributed by atoms with Crippen LogP contribution >= 0.6 is 0 Å². The molecule has 4 rings (SSSR count). The zero-order valence-electron chi connectivity index (χ0n) is 21.1. The Labute approximate surface area is 205 Å². The monoisotopic (exact) mass is 479 g/mol. The van der Waals surface area contributed by atoms with Crippen LogP contribution in [0.1, 0.15) is 57.6 Å². The molecule has 8 heteroatoms. The molecule has 186 valence electrons. The summed E-state index contributed by atoms with van der Waals surface area (Å²) in [6.45, 7) is 5.98. The van der Waals surface area contributed by atoms with Crippen molar-refractivity contribution in [3.8, 4) is 11.1 Å². The maximum atomic E-state index is 14.9. The number of pyridine rings is 1. The molecule has 0 unspecified atom stereocenters. The minimum atomic E-state index is -0.376. The molecule has 0 radical (unpaired) electrons. The number of fused-ring (bicyclic) bond motifs is 1. The van der Waals surface area contributed by atoms with E-state index in [4.69, 9.17) is 0 Å². The van der Waals surface area contributed by atoms with E-state index in [9.17, 15) is 14.0 Å². The third kappa shape index (κ3) is 5.36. The second kappa shape index (κ2) is 10.1. The van der Waals surface area contributed by atoms with Gasteiger partial charge in [-0.2, -0.15) is 0 Å². The van der Waals surface area contributed by atoms with E-state index >= 15 is 0 Å². The first-order chi connectivity index (χ1) is 16.6. The maximum Gasteiger partial charge on any atom is 0.228 e. The molecule has 1 aliphatic rings. The van der Waals surface area contributed by atoms with Gasteiger partial charge in [-0.25, -0.2) is 14.4 Å². The molecule has 0 aliphatic heterocycles. The number of hydrogen-bond donors (Lipinski definition) is 1. The van der Waals surface area contributed by atoms with Gasteiger partial charge in [-0.1, -0.05) is 6.42 Å². The van der Waals surface area contributed by atoms with Gasteiger partial charge in [0, 0.05) is 38.7 Å². The van der Waals surface area contributed by atoms with Crippen LogP contribution in [0.3, 0.4) is 0 Å². The summed E-state index contributed by atoms with van der Waals surface area (Å²) in [6, 6.07) is 5.38. The Balaban J connectivity index is 1.55. The Morgan fingerprint density at radius 1 is 1.20 bits per heavy atom. The number of aryl methyl sites for hydroxylation is 1. The van der Waals surface area contributed by atoms with Gasteiger partial charge in [0.25, 0.3) is 0 Å². The summed E-state index contributed by atoms with van der Waals surface area (Å²) < 4.78 is 16.8. The summed E-state index contributed by atoms with van der Waals surface area (Å²) in [4.78, 5) is 35.4. The van der Waals surface area contributed by atoms with Crippen LogP contribution in [0.15, 0.2) is 30.7 Å². The molecule has 0 spiro atoms. The summed E-state index contributed by atoms with van der Waals surface area (Å²) in [5, 5.41) is 2.97. The molecule has 35 heavy (non-hydrogen) atoms. The number of benzene rings is 1. The number of hydrogen-bond acceptors (Lipinski definition) is 4. The molecule has 2 atom stereocenters. The maximum absolute atomic E-state index is 14.9. The lowest BCUT2D eigenvalue weighted by Gasteiger charge is -2.28. The van der Waals surface area contributed by atoms with Crippen molar-refractivity contribution in [1.82, 2.24) is 19.4 Å². The van der Waals surface area contributed by atoms with Gasteiger partial charge < -0.3 is 14.8 Å². The fraction of sp³-hybridized carbons (Fsp3) is 0.481. The Kier molecular flexibility index (Phi) is 7.19. The van der Waals surface area contributed by atoms with Crippen LogP contribution in [0.25, 0.3) is 22.2 Å². The van der Waals surface area contributed by atoms with Crippen LogP contribution in [0.5, 0.6) is 0 Å². The summed E-state index contributed by atoms with van der Waals surface area (Å²) >= 11 is 0. The number of carbonyl (C=O) groups is 2. The molecule has 0 saturated heterocycles. The number of rotatable bonds is 6. The Hall–Kier alpha value is -3.29. The molecule has 1 fully saturated rings. The van der Waals surface area contributed by atoms with Gasteiger partial charge >= 0.3 is 0 Å². The number of nitrogens with one attached hydrogen (secondary N) is 1. The first-order valence-corrected chi connectivity index (χ1v) is 12.3. The van der Waals surface area contributed by atoms with E-state index in [1.54, 1.807) is 37.6 Å². The summed E-state index contributed by atoms with van der Waals surface area (Å²) in [7, 11) is 3.52. The van der Waals surface area contributed by atoms with E-state index in [-0.39, 0.29) is 35.5 Å². The first-order valence-electron chi connectivity index (χ1n) is 12.3. The van der Waals surface area contributed by atoms with Crippen molar-refractivity contribution in [3.05, 3.63) is 42.1 Å². The zero-order chi connectivity index (χ0) is 25.3. The van der Waals surface area contributed by atoms with E-state index in [1.165, 1.54) is 6.07 Å². The molecule has 7 nitrogen and oxygen atoms in total. The summed E-state index contributed by atoms with van der Waals surface area (Å²) in [5.41, 5.74) is 3.50. The zero-order valence-corrected chi connectivity index (χ0v) is 21.1. The average molecular weight is 480 g/mol. The van der Waals surface area contributed by atoms with Gasteiger partial charge in [0.05, 0.1) is 11.8 Å². The number of halogens is 1. The highest BCUT2D eigenvalue weighted by molar-refractivity contribution is 5.93. The SMILES string of the molecule is Cc1cnc(NC(=O)[C@H]2CCC[C@@H](CC(=O)N(C)C)C2)cc1-c1cc(F)c2ncn(C(C)C)c2c1. The van der Waals surface area contributed by atoms with Crippen molar-refractivity contribution in [2.45, 2.75) is 58.9 Å². The van der Waals surface area contributed by atoms with Crippen molar-refractivity contribution in [2.24, 2.45) is 11.8 Å². The van der Waals surface area contributed by atoms with Crippen molar-refractivity contribution >= 4 is 28.7 Å². The second-order valence-corrected chi connectivity index (χ2v) is 10.2. The fourth-order valence-corrected chi connectivity index (χ4v) is 4.93. The van der Waals surface area contributed by atoms with Crippen molar-refractivity contribution in [2.75, 3.05) is 19.4 Å². The van der Waals surface area contributed by atoms with Gasteiger partial charge in [-0.05, 0) is 80.8 Å². The van der Waals surface area contributed by atoms with Crippen molar-refractivity contribution < 1.29 is 14.0 Å². The van der Waals surface area contributed by atoms with Gasteiger partial charge in [0.15, 0.2) is 5.82 Å². The van der Waals surface area contributed by atoms with E-state index in [0.717, 1.165) is 35.9 Å². The normalized spacial score (nSPS) is 18.1. The Morgan fingerprint density at radius 3 is 2.69 bits per heavy atom. The number of amides is 2. The topological polar surface area (TPSA) is 80.1 Å². The molecule has 1 saturated carbocycles. The largest absolute Gasteiger partial charge is 0.349 e. The molecule has 1 aromatic carbocycles. The number of imidazole rings is 1. The van der Waals surface area contributed by atoms with Crippen molar-refractivity contribution in [1.29, 1.82) is 0 Å². The Morgan fingerprint density at radius 2 is 1.97 bits per heavy atom.